The minimum absolute atomic E-state index is 0.0203. The Balaban J connectivity index is 2.32. The van der Waals surface area contributed by atoms with E-state index in [1.165, 1.54) is 4.68 Å². The molecule has 0 aliphatic carbocycles. The molecule has 0 unspecified atom stereocenters. The van der Waals surface area contributed by atoms with E-state index in [0.29, 0.717) is 13.2 Å². The van der Waals surface area contributed by atoms with Gasteiger partial charge in [-0.05, 0) is 0 Å². The van der Waals surface area contributed by atoms with Crippen LogP contribution in [0.25, 0.3) is 0 Å². The largest absolute Gasteiger partial charge is 0.382 e. The fourth-order valence-corrected chi connectivity index (χ4v) is 1.11. The molecule has 1 fully saturated rings. The first-order valence-electron chi connectivity index (χ1n) is 3.78. The number of nitrogens with two attached hydrogens (primary N) is 2. The lowest BCUT2D eigenvalue weighted by Crippen LogP contribution is -2.32. The van der Waals surface area contributed by atoms with Crippen molar-refractivity contribution < 1.29 is 9.53 Å². The van der Waals surface area contributed by atoms with E-state index in [2.05, 4.69) is 10.3 Å². The predicted octanol–water partition coefficient (Wildman–Crippen LogP) is -1.47. The van der Waals surface area contributed by atoms with Crippen molar-refractivity contribution in [2.45, 2.75) is 6.04 Å². The van der Waals surface area contributed by atoms with Crippen LogP contribution in [0.3, 0.4) is 0 Å². The lowest BCUT2D eigenvalue weighted by Gasteiger charge is -2.26. The molecule has 1 aliphatic heterocycles. The number of nitrogens with zero attached hydrogens (tertiary/aromatic N) is 3. The molecule has 1 aliphatic rings. The van der Waals surface area contributed by atoms with Gasteiger partial charge >= 0.3 is 0 Å². The molecule has 1 amide bonds. The predicted molar refractivity (Wildman–Crippen MR) is 42.8 cm³/mol. The van der Waals surface area contributed by atoms with E-state index < -0.39 is 5.91 Å². The number of rotatable bonds is 2. The minimum Gasteiger partial charge on any atom is -0.382 e. The van der Waals surface area contributed by atoms with Crippen molar-refractivity contribution in [2.75, 3.05) is 18.9 Å². The summed E-state index contributed by atoms with van der Waals surface area (Å²) in [4.78, 5) is 10.8. The molecule has 0 radical (unpaired) electrons. The number of primary amides is 1. The number of hydrogen-bond acceptors (Lipinski definition) is 5. The third kappa shape index (κ3) is 1.13. The molecule has 0 bridgehead atoms. The lowest BCUT2D eigenvalue weighted by molar-refractivity contribution is -0.0283. The molecule has 7 heteroatoms. The summed E-state index contributed by atoms with van der Waals surface area (Å²) in [6.07, 6.45) is 0. The van der Waals surface area contributed by atoms with Crippen molar-refractivity contribution in [1.29, 1.82) is 0 Å². The van der Waals surface area contributed by atoms with Crippen molar-refractivity contribution in [3.05, 3.63) is 5.69 Å². The second-order valence-electron chi connectivity index (χ2n) is 2.82. The maximum atomic E-state index is 10.8. The Labute approximate surface area is 73.6 Å². The van der Waals surface area contributed by atoms with Crippen LogP contribution >= 0.6 is 0 Å². The van der Waals surface area contributed by atoms with Gasteiger partial charge in [0.2, 0.25) is 0 Å². The number of ether oxygens (including phenoxy) is 1. The highest BCUT2D eigenvalue weighted by Gasteiger charge is 2.26. The summed E-state index contributed by atoms with van der Waals surface area (Å²) in [5.74, 6) is -0.454. The van der Waals surface area contributed by atoms with Crippen LogP contribution in [-0.2, 0) is 4.74 Å². The number of nitrogen functional groups attached to an aromatic ring is 1. The van der Waals surface area contributed by atoms with E-state index in [-0.39, 0.29) is 17.6 Å². The van der Waals surface area contributed by atoms with Gasteiger partial charge in [-0.3, -0.25) is 4.79 Å². The molecule has 13 heavy (non-hydrogen) atoms. The fourth-order valence-electron chi connectivity index (χ4n) is 1.11. The summed E-state index contributed by atoms with van der Waals surface area (Å²) >= 11 is 0. The van der Waals surface area contributed by atoms with Crippen LogP contribution in [0.5, 0.6) is 0 Å². The number of carbonyl (C=O) groups excluding carboxylic acids is 1. The van der Waals surface area contributed by atoms with E-state index in [1.54, 1.807) is 0 Å². The Bertz CT molecular complexity index is 343. The summed E-state index contributed by atoms with van der Waals surface area (Å²) in [7, 11) is 0. The zero-order chi connectivity index (χ0) is 9.42. The number of aromatic nitrogens is 3. The number of amides is 1. The zero-order valence-corrected chi connectivity index (χ0v) is 6.80. The monoisotopic (exact) mass is 183 g/mol. The van der Waals surface area contributed by atoms with Crippen LogP contribution in [-0.4, -0.2) is 34.1 Å². The molecule has 70 valence electrons. The Morgan fingerprint density at radius 2 is 2.31 bits per heavy atom. The molecule has 0 saturated carbocycles. The first-order chi connectivity index (χ1) is 6.20. The maximum Gasteiger partial charge on any atom is 0.273 e. The molecule has 1 aromatic rings. The topological polar surface area (TPSA) is 109 Å². The summed E-state index contributed by atoms with van der Waals surface area (Å²) in [6, 6.07) is 0.0839. The Morgan fingerprint density at radius 3 is 2.69 bits per heavy atom. The smallest absolute Gasteiger partial charge is 0.273 e. The normalized spacial score (nSPS) is 16.9. The third-order valence-electron chi connectivity index (χ3n) is 1.93. The van der Waals surface area contributed by atoms with Crippen molar-refractivity contribution in [3.63, 3.8) is 0 Å². The Kier molecular flexibility index (Phi) is 1.66. The average molecular weight is 183 g/mol. The maximum absolute atomic E-state index is 10.8. The van der Waals surface area contributed by atoms with E-state index >= 15 is 0 Å². The van der Waals surface area contributed by atoms with Crippen LogP contribution in [0.4, 0.5) is 5.82 Å². The van der Waals surface area contributed by atoms with Gasteiger partial charge in [0.15, 0.2) is 11.5 Å². The van der Waals surface area contributed by atoms with Crippen molar-refractivity contribution in [3.8, 4) is 0 Å². The fraction of sp³-hybridized carbons (Fsp3) is 0.500. The average Bonchev–Trinajstić information content (AvgIpc) is 2.29. The van der Waals surface area contributed by atoms with Crippen molar-refractivity contribution in [1.82, 2.24) is 15.0 Å². The highest BCUT2D eigenvalue weighted by molar-refractivity contribution is 5.94. The van der Waals surface area contributed by atoms with E-state index in [4.69, 9.17) is 16.2 Å². The standard InChI is InChI=1S/C6H9N5O2/c7-5-4(6(8)12)9-10-11(5)3-1-13-2-3/h3H,1-2,7H2,(H2,8,12). The number of hydrogen-bond donors (Lipinski definition) is 2. The highest BCUT2D eigenvalue weighted by atomic mass is 16.5. The molecular formula is C6H9N5O2. The van der Waals surface area contributed by atoms with E-state index in [1.807, 2.05) is 0 Å². The zero-order valence-electron chi connectivity index (χ0n) is 6.80. The van der Waals surface area contributed by atoms with Gasteiger partial charge in [0.1, 0.15) is 6.04 Å². The van der Waals surface area contributed by atoms with E-state index in [9.17, 15) is 4.79 Å². The summed E-state index contributed by atoms with van der Waals surface area (Å²) in [6.45, 7) is 1.09. The second kappa shape index (κ2) is 2.70. The SMILES string of the molecule is NC(=O)c1nnn(C2COC2)c1N. The van der Waals surface area contributed by atoms with Gasteiger partial charge in [0, 0.05) is 0 Å². The van der Waals surface area contributed by atoms with Gasteiger partial charge in [-0.25, -0.2) is 4.68 Å². The molecule has 2 heterocycles. The van der Waals surface area contributed by atoms with Crippen LogP contribution in [0.2, 0.25) is 0 Å². The van der Waals surface area contributed by atoms with Gasteiger partial charge in [-0.2, -0.15) is 0 Å². The third-order valence-corrected chi connectivity index (χ3v) is 1.93. The molecule has 7 nitrogen and oxygen atoms in total. The molecule has 0 spiro atoms. The van der Waals surface area contributed by atoms with Crippen molar-refractivity contribution >= 4 is 11.7 Å². The van der Waals surface area contributed by atoms with Crippen LogP contribution in [0, 0.1) is 0 Å². The molecule has 4 N–H and O–H groups in total. The summed E-state index contributed by atoms with van der Waals surface area (Å²) in [5.41, 5.74) is 10.6. The molecule has 1 saturated heterocycles. The van der Waals surface area contributed by atoms with Crippen LogP contribution in [0.1, 0.15) is 16.5 Å². The quantitative estimate of drug-likeness (QED) is 0.581. The minimum atomic E-state index is -0.663. The Morgan fingerprint density at radius 1 is 1.62 bits per heavy atom. The van der Waals surface area contributed by atoms with Gasteiger partial charge in [-0.1, -0.05) is 5.21 Å². The van der Waals surface area contributed by atoms with Crippen molar-refractivity contribution in [2.24, 2.45) is 5.73 Å². The number of carbonyl (C=O) groups is 1. The van der Waals surface area contributed by atoms with Gasteiger partial charge in [0.25, 0.3) is 5.91 Å². The molecule has 0 aromatic carbocycles. The van der Waals surface area contributed by atoms with E-state index in [0.717, 1.165) is 0 Å². The van der Waals surface area contributed by atoms with Crippen LogP contribution in [0.15, 0.2) is 0 Å². The highest BCUT2D eigenvalue weighted by Crippen LogP contribution is 2.20. The first-order valence-corrected chi connectivity index (χ1v) is 3.78. The number of anilines is 1. The molecule has 1 aromatic heterocycles. The second-order valence-corrected chi connectivity index (χ2v) is 2.82. The molecule has 0 atom stereocenters. The summed E-state index contributed by atoms with van der Waals surface area (Å²) < 4.78 is 6.42. The van der Waals surface area contributed by atoms with Gasteiger partial charge < -0.3 is 16.2 Å². The summed E-state index contributed by atoms with van der Waals surface area (Å²) in [5, 5.41) is 7.30. The first kappa shape index (κ1) is 7.99. The van der Waals surface area contributed by atoms with Gasteiger partial charge in [0.05, 0.1) is 13.2 Å². The molecular weight excluding hydrogens is 174 g/mol. The lowest BCUT2D eigenvalue weighted by atomic mass is 10.2. The Hall–Kier alpha value is -1.63. The van der Waals surface area contributed by atoms with Gasteiger partial charge in [-0.15, -0.1) is 5.10 Å². The molecule has 2 rings (SSSR count). The van der Waals surface area contributed by atoms with Crippen LogP contribution < -0.4 is 11.5 Å².